The molecule has 0 fully saturated rings. The summed E-state index contributed by atoms with van der Waals surface area (Å²) < 4.78 is 13.0. The van der Waals surface area contributed by atoms with E-state index in [1.54, 1.807) is 17.0 Å². The molecule has 3 aromatic rings. The number of nitrogens with one attached hydrogen (secondary N) is 2. The van der Waals surface area contributed by atoms with Crippen molar-refractivity contribution in [2.45, 2.75) is 19.0 Å². The molecule has 6 heteroatoms. The first kappa shape index (κ1) is 19.6. The van der Waals surface area contributed by atoms with Gasteiger partial charge in [0, 0.05) is 18.8 Å². The average Bonchev–Trinajstić information content (AvgIpc) is 3.21. The van der Waals surface area contributed by atoms with Crippen molar-refractivity contribution >= 4 is 17.6 Å². The predicted octanol–water partition coefficient (Wildman–Crippen LogP) is 3.96. The molecular formula is C24H22FN3O2. The van der Waals surface area contributed by atoms with Gasteiger partial charge in [0.1, 0.15) is 11.9 Å². The largest absolute Gasteiger partial charge is 0.334 e. The summed E-state index contributed by atoms with van der Waals surface area (Å²) in [7, 11) is 0. The average molecular weight is 403 g/mol. The van der Waals surface area contributed by atoms with Gasteiger partial charge in [0.25, 0.3) is 5.91 Å². The van der Waals surface area contributed by atoms with Crippen molar-refractivity contribution in [3.05, 3.63) is 101 Å². The topological polar surface area (TPSA) is 61.4 Å². The third-order valence-corrected chi connectivity index (χ3v) is 5.17. The summed E-state index contributed by atoms with van der Waals surface area (Å²) in [5.41, 5.74) is 3.49. The highest BCUT2D eigenvalue weighted by atomic mass is 19.1. The molecule has 152 valence electrons. The molecule has 5 nitrogen and oxygen atoms in total. The summed E-state index contributed by atoms with van der Waals surface area (Å²) in [6.45, 7) is 0.814. The third kappa shape index (κ3) is 4.33. The van der Waals surface area contributed by atoms with Gasteiger partial charge in [-0.3, -0.25) is 4.79 Å². The number of hydrogen-bond acceptors (Lipinski definition) is 2. The number of fused-ring (bicyclic) bond motifs is 1. The van der Waals surface area contributed by atoms with E-state index in [0.717, 1.165) is 23.2 Å². The predicted molar refractivity (Wildman–Crippen MR) is 113 cm³/mol. The lowest BCUT2D eigenvalue weighted by Gasteiger charge is -2.25. The number of anilines is 1. The van der Waals surface area contributed by atoms with Crippen LogP contribution < -0.4 is 15.5 Å². The van der Waals surface area contributed by atoms with Crippen molar-refractivity contribution in [2.75, 3.05) is 11.4 Å². The highest BCUT2D eigenvalue weighted by Crippen LogP contribution is 2.30. The molecule has 0 spiro atoms. The molecule has 1 aliphatic heterocycles. The van der Waals surface area contributed by atoms with Crippen molar-refractivity contribution in [3.8, 4) is 0 Å². The van der Waals surface area contributed by atoms with Crippen molar-refractivity contribution in [3.63, 3.8) is 0 Å². The first-order valence-electron chi connectivity index (χ1n) is 9.85. The fraction of sp³-hybridized carbons (Fsp3) is 0.167. The van der Waals surface area contributed by atoms with E-state index in [0.29, 0.717) is 12.1 Å². The molecular weight excluding hydrogens is 381 g/mol. The van der Waals surface area contributed by atoms with E-state index in [1.165, 1.54) is 12.1 Å². The fourth-order valence-electron chi connectivity index (χ4n) is 3.62. The van der Waals surface area contributed by atoms with Gasteiger partial charge in [-0.25, -0.2) is 9.18 Å². The zero-order valence-electron chi connectivity index (χ0n) is 16.3. The van der Waals surface area contributed by atoms with E-state index in [9.17, 15) is 14.0 Å². The van der Waals surface area contributed by atoms with Crippen LogP contribution in [0.1, 0.15) is 22.7 Å². The number of carbonyl (C=O) groups excluding carboxylic acids is 2. The number of halogens is 1. The number of urea groups is 1. The van der Waals surface area contributed by atoms with Gasteiger partial charge in [-0.2, -0.15) is 0 Å². The maximum Gasteiger partial charge on any atom is 0.315 e. The SMILES string of the molecule is O=C(NCc1ccc(F)cc1)NC(C(=O)N1CCc2ccccc21)c1ccccc1. The van der Waals surface area contributed by atoms with Crippen molar-refractivity contribution in [1.29, 1.82) is 0 Å². The Morgan fingerprint density at radius 2 is 1.63 bits per heavy atom. The van der Waals surface area contributed by atoms with Crippen LogP contribution in [0.5, 0.6) is 0 Å². The van der Waals surface area contributed by atoms with Crippen LogP contribution in [0.25, 0.3) is 0 Å². The van der Waals surface area contributed by atoms with Crippen LogP contribution in [0.3, 0.4) is 0 Å². The zero-order valence-corrected chi connectivity index (χ0v) is 16.3. The minimum Gasteiger partial charge on any atom is -0.334 e. The number of benzene rings is 3. The maximum absolute atomic E-state index is 13.4. The number of nitrogens with zero attached hydrogens (tertiary/aromatic N) is 1. The van der Waals surface area contributed by atoms with Crippen LogP contribution >= 0.6 is 0 Å². The van der Waals surface area contributed by atoms with Crippen LogP contribution in [0, 0.1) is 5.82 Å². The molecule has 3 amide bonds. The smallest absolute Gasteiger partial charge is 0.315 e. The Bertz CT molecular complexity index is 1040. The Hall–Kier alpha value is -3.67. The van der Waals surface area contributed by atoms with Crippen LogP contribution in [-0.4, -0.2) is 18.5 Å². The standard InChI is InChI=1S/C24H22FN3O2/c25-20-12-10-17(11-13-20)16-26-24(30)27-22(19-7-2-1-3-8-19)23(29)28-15-14-18-6-4-5-9-21(18)28/h1-13,22H,14-16H2,(H2,26,27,30). The minimum atomic E-state index is -0.814. The quantitative estimate of drug-likeness (QED) is 0.678. The molecule has 4 rings (SSSR count). The molecule has 0 saturated carbocycles. The van der Waals surface area contributed by atoms with Gasteiger partial charge in [0.05, 0.1) is 0 Å². The van der Waals surface area contributed by atoms with Crippen LogP contribution in [0.4, 0.5) is 14.9 Å². The summed E-state index contributed by atoms with van der Waals surface area (Å²) in [6.07, 6.45) is 0.792. The Morgan fingerprint density at radius 3 is 2.40 bits per heavy atom. The second-order valence-electron chi connectivity index (χ2n) is 7.17. The van der Waals surface area contributed by atoms with E-state index < -0.39 is 12.1 Å². The van der Waals surface area contributed by atoms with Gasteiger partial charge in [-0.1, -0.05) is 60.7 Å². The van der Waals surface area contributed by atoms with Gasteiger partial charge in [0.2, 0.25) is 0 Å². The van der Waals surface area contributed by atoms with Gasteiger partial charge in [-0.15, -0.1) is 0 Å². The lowest BCUT2D eigenvalue weighted by atomic mass is 10.1. The highest BCUT2D eigenvalue weighted by molar-refractivity contribution is 6.01. The van der Waals surface area contributed by atoms with E-state index in [-0.39, 0.29) is 18.3 Å². The summed E-state index contributed by atoms with van der Waals surface area (Å²) in [4.78, 5) is 27.7. The normalized spacial score (nSPS) is 13.4. The number of hydrogen-bond donors (Lipinski definition) is 2. The van der Waals surface area contributed by atoms with Crippen molar-refractivity contribution < 1.29 is 14.0 Å². The molecule has 2 N–H and O–H groups in total. The summed E-state index contributed by atoms with van der Waals surface area (Å²) in [5.74, 6) is -0.507. The third-order valence-electron chi connectivity index (χ3n) is 5.17. The van der Waals surface area contributed by atoms with E-state index in [2.05, 4.69) is 10.6 Å². The number of carbonyl (C=O) groups is 2. The minimum absolute atomic E-state index is 0.178. The molecule has 0 bridgehead atoms. The van der Waals surface area contributed by atoms with Crippen molar-refractivity contribution in [1.82, 2.24) is 10.6 Å². The highest BCUT2D eigenvalue weighted by Gasteiger charge is 2.32. The Balaban J connectivity index is 1.50. The molecule has 1 heterocycles. The molecule has 0 aromatic heterocycles. The molecule has 3 aromatic carbocycles. The van der Waals surface area contributed by atoms with E-state index >= 15 is 0 Å². The van der Waals surface area contributed by atoms with Gasteiger partial charge in [-0.05, 0) is 41.3 Å². The number of amides is 3. The molecule has 1 aliphatic rings. The lowest BCUT2D eigenvalue weighted by molar-refractivity contribution is -0.120. The number of rotatable bonds is 5. The van der Waals surface area contributed by atoms with Gasteiger partial charge >= 0.3 is 6.03 Å². The Labute approximate surface area is 174 Å². The van der Waals surface area contributed by atoms with Gasteiger partial charge < -0.3 is 15.5 Å². The van der Waals surface area contributed by atoms with Crippen molar-refractivity contribution in [2.24, 2.45) is 0 Å². The molecule has 1 unspecified atom stereocenters. The molecule has 0 aliphatic carbocycles. The fourth-order valence-corrected chi connectivity index (χ4v) is 3.62. The van der Waals surface area contributed by atoms with Crippen LogP contribution in [0.2, 0.25) is 0 Å². The maximum atomic E-state index is 13.4. The second kappa shape index (κ2) is 8.78. The molecule has 0 radical (unpaired) electrons. The van der Waals surface area contributed by atoms with Gasteiger partial charge in [0.15, 0.2) is 0 Å². The zero-order chi connectivity index (χ0) is 20.9. The Morgan fingerprint density at radius 1 is 0.933 bits per heavy atom. The van der Waals surface area contributed by atoms with Crippen LogP contribution in [0.15, 0.2) is 78.9 Å². The van der Waals surface area contributed by atoms with E-state index in [4.69, 9.17) is 0 Å². The monoisotopic (exact) mass is 403 g/mol. The van der Waals surface area contributed by atoms with Crippen LogP contribution in [-0.2, 0) is 17.8 Å². The first-order valence-corrected chi connectivity index (χ1v) is 9.85. The Kier molecular flexibility index (Phi) is 5.75. The van der Waals surface area contributed by atoms with E-state index in [1.807, 2.05) is 54.6 Å². The second-order valence-corrected chi connectivity index (χ2v) is 7.17. The molecule has 30 heavy (non-hydrogen) atoms. The summed E-state index contributed by atoms with van der Waals surface area (Å²) in [6, 6.07) is 21.6. The summed E-state index contributed by atoms with van der Waals surface area (Å²) in [5, 5.41) is 5.55. The lowest BCUT2D eigenvalue weighted by Crippen LogP contribution is -2.45. The number of para-hydroxylation sites is 1. The summed E-state index contributed by atoms with van der Waals surface area (Å²) >= 11 is 0. The molecule has 1 atom stereocenters. The molecule has 0 saturated heterocycles. The first-order chi connectivity index (χ1) is 14.6.